The van der Waals surface area contributed by atoms with Crippen molar-refractivity contribution >= 4 is 15.8 Å². The Balaban J connectivity index is 2.51. The highest BCUT2D eigenvalue weighted by Gasteiger charge is 2.23. The van der Waals surface area contributed by atoms with Gasteiger partial charge in [0.15, 0.2) is 9.84 Å². The molecular weight excluding hydrogens is 299 g/mol. The van der Waals surface area contributed by atoms with Gasteiger partial charge in [0.25, 0.3) is 0 Å². The minimum atomic E-state index is -3.89. The predicted octanol–water partition coefficient (Wildman–Crippen LogP) is 1.54. The fourth-order valence-electron chi connectivity index (χ4n) is 1.91. The van der Waals surface area contributed by atoms with Gasteiger partial charge in [0.1, 0.15) is 5.82 Å². The molecule has 0 fully saturated rings. The van der Waals surface area contributed by atoms with Crippen LogP contribution in [0.4, 0.5) is 4.39 Å². The van der Waals surface area contributed by atoms with E-state index in [2.05, 4.69) is 5.10 Å². The van der Waals surface area contributed by atoms with Crippen molar-refractivity contribution in [2.24, 2.45) is 7.05 Å². The van der Waals surface area contributed by atoms with Gasteiger partial charge < -0.3 is 5.11 Å². The van der Waals surface area contributed by atoms with Gasteiger partial charge in [-0.1, -0.05) is 0 Å². The van der Waals surface area contributed by atoms with E-state index >= 15 is 0 Å². The number of hydrogen-bond donors (Lipinski definition) is 1. The molecule has 0 aliphatic heterocycles. The second-order valence-electron chi connectivity index (χ2n) is 4.63. The van der Waals surface area contributed by atoms with E-state index in [1.807, 2.05) is 0 Å². The van der Waals surface area contributed by atoms with E-state index in [1.165, 1.54) is 17.7 Å². The normalized spacial score (nSPS) is 11.6. The quantitative estimate of drug-likeness (QED) is 0.925. The fraction of sp³-hybridized carbons (Fsp3) is 0.231. The zero-order valence-corrected chi connectivity index (χ0v) is 12.2. The Morgan fingerprint density at radius 3 is 2.62 bits per heavy atom. The second kappa shape index (κ2) is 5.28. The Kier molecular flexibility index (Phi) is 3.82. The van der Waals surface area contributed by atoms with Crippen LogP contribution in [-0.4, -0.2) is 29.3 Å². The zero-order chi connectivity index (χ0) is 15.8. The highest BCUT2D eigenvalue weighted by Crippen LogP contribution is 2.24. The summed E-state index contributed by atoms with van der Waals surface area (Å²) in [6.45, 7) is 1.30. The first-order chi connectivity index (χ1) is 9.70. The number of carboxylic acids is 1. The molecular formula is C13H13FN2O4S. The van der Waals surface area contributed by atoms with Gasteiger partial charge in [0.2, 0.25) is 0 Å². The number of aromatic nitrogens is 2. The molecule has 8 heteroatoms. The van der Waals surface area contributed by atoms with Gasteiger partial charge in [0.05, 0.1) is 21.9 Å². The number of rotatable bonds is 4. The first-order valence-corrected chi connectivity index (χ1v) is 7.60. The largest absolute Gasteiger partial charge is 0.478 e. The monoisotopic (exact) mass is 312 g/mol. The van der Waals surface area contributed by atoms with Crippen LogP contribution >= 0.6 is 0 Å². The van der Waals surface area contributed by atoms with Crippen LogP contribution in [-0.2, 0) is 22.6 Å². The molecule has 1 N–H and O–H groups in total. The predicted molar refractivity (Wildman–Crippen MR) is 72.2 cm³/mol. The minimum absolute atomic E-state index is 0.101. The molecule has 6 nitrogen and oxygen atoms in total. The molecule has 0 atom stereocenters. The molecule has 1 aromatic carbocycles. The van der Waals surface area contributed by atoms with Crippen molar-refractivity contribution < 1.29 is 22.7 Å². The molecule has 21 heavy (non-hydrogen) atoms. The molecule has 112 valence electrons. The van der Waals surface area contributed by atoms with Crippen LogP contribution in [0.15, 0.2) is 29.3 Å². The number of aryl methyl sites for hydroxylation is 1. The molecule has 0 spiro atoms. The number of nitrogens with zero attached hydrogens (tertiary/aromatic N) is 2. The van der Waals surface area contributed by atoms with E-state index in [4.69, 9.17) is 5.11 Å². The number of aromatic carboxylic acids is 1. The third-order valence-corrected chi connectivity index (χ3v) is 4.76. The van der Waals surface area contributed by atoms with E-state index in [9.17, 15) is 17.6 Å². The molecule has 0 unspecified atom stereocenters. The van der Waals surface area contributed by atoms with Crippen molar-refractivity contribution in [3.8, 4) is 0 Å². The number of carboxylic acid groups (broad SMARTS) is 1. The Morgan fingerprint density at radius 2 is 2.10 bits per heavy atom. The van der Waals surface area contributed by atoms with Gasteiger partial charge in [0, 0.05) is 18.8 Å². The van der Waals surface area contributed by atoms with Crippen LogP contribution in [0.25, 0.3) is 0 Å². The van der Waals surface area contributed by atoms with Crippen molar-refractivity contribution in [2.75, 3.05) is 0 Å². The average Bonchev–Trinajstić information content (AvgIpc) is 2.76. The lowest BCUT2D eigenvalue weighted by atomic mass is 10.1. The summed E-state index contributed by atoms with van der Waals surface area (Å²) in [5.41, 5.74) is -0.202. The maximum absolute atomic E-state index is 13.7. The van der Waals surface area contributed by atoms with Crippen LogP contribution in [0, 0.1) is 12.7 Å². The molecule has 0 aliphatic rings. The van der Waals surface area contributed by atoms with Crippen LogP contribution in [0.3, 0.4) is 0 Å². The van der Waals surface area contributed by atoms with E-state index < -0.39 is 32.9 Å². The first kappa shape index (κ1) is 15.2. The average molecular weight is 312 g/mol. The van der Waals surface area contributed by atoms with Gasteiger partial charge in [-0.15, -0.1) is 0 Å². The van der Waals surface area contributed by atoms with Gasteiger partial charge >= 0.3 is 5.97 Å². The highest BCUT2D eigenvalue weighted by molar-refractivity contribution is 7.90. The summed E-state index contributed by atoms with van der Waals surface area (Å²) >= 11 is 0. The van der Waals surface area contributed by atoms with E-state index in [0.29, 0.717) is 5.69 Å². The topological polar surface area (TPSA) is 89.3 Å². The van der Waals surface area contributed by atoms with Gasteiger partial charge in [-0.25, -0.2) is 17.6 Å². The Labute approximate surface area is 120 Å². The molecule has 1 aromatic heterocycles. The maximum Gasteiger partial charge on any atom is 0.335 e. The number of sulfone groups is 1. The smallest absolute Gasteiger partial charge is 0.335 e. The first-order valence-electron chi connectivity index (χ1n) is 5.95. The molecule has 0 saturated carbocycles. The molecule has 0 amide bonds. The fourth-order valence-corrected chi connectivity index (χ4v) is 3.48. The summed E-state index contributed by atoms with van der Waals surface area (Å²) < 4.78 is 39.9. The molecule has 2 aromatic rings. The number of benzene rings is 1. The van der Waals surface area contributed by atoms with Gasteiger partial charge in [-0.05, 0) is 25.1 Å². The lowest BCUT2D eigenvalue weighted by Crippen LogP contribution is -2.11. The summed E-state index contributed by atoms with van der Waals surface area (Å²) in [5, 5.41) is 12.9. The van der Waals surface area contributed by atoms with Crippen LogP contribution in [0.5, 0.6) is 0 Å². The molecule has 0 aliphatic carbocycles. The Morgan fingerprint density at radius 1 is 1.43 bits per heavy atom. The van der Waals surface area contributed by atoms with Gasteiger partial charge in [-0.2, -0.15) is 5.10 Å². The summed E-state index contributed by atoms with van der Waals surface area (Å²) in [4.78, 5) is 10.6. The summed E-state index contributed by atoms with van der Waals surface area (Å²) in [6, 6.07) is 3.31. The second-order valence-corrected chi connectivity index (χ2v) is 6.58. The summed E-state index contributed by atoms with van der Waals surface area (Å²) in [7, 11) is -2.24. The third kappa shape index (κ3) is 3.10. The van der Waals surface area contributed by atoms with E-state index in [0.717, 1.165) is 12.1 Å². The van der Waals surface area contributed by atoms with Crippen LogP contribution in [0.2, 0.25) is 0 Å². The van der Waals surface area contributed by atoms with Crippen molar-refractivity contribution in [2.45, 2.75) is 17.6 Å². The number of carbonyl (C=O) groups is 1. The van der Waals surface area contributed by atoms with Gasteiger partial charge in [-0.3, -0.25) is 4.68 Å². The highest BCUT2D eigenvalue weighted by atomic mass is 32.2. The SMILES string of the molecule is Cc1c(F)cc(C(=O)O)cc1S(=O)(=O)Cc1ccn(C)n1. The Hall–Kier alpha value is -2.22. The summed E-state index contributed by atoms with van der Waals surface area (Å²) in [5.74, 6) is -2.67. The van der Waals surface area contributed by atoms with Crippen molar-refractivity contribution in [1.82, 2.24) is 9.78 Å². The van der Waals surface area contributed by atoms with Crippen molar-refractivity contribution in [1.29, 1.82) is 0 Å². The lowest BCUT2D eigenvalue weighted by molar-refractivity contribution is 0.0696. The van der Waals surface area contributed by atoms with Crippen molar-refractivity contribution in [3.05, 3.63) is 47.0 Å². The lowest BCUT2D eigenvalue weighted by Gasteiger charge is -2.09. The van der Waals surface area contributed by atoms with Crippen LogP contribution < -0.4 is 0 Å². The van der Waals surface area contributed by atoms with Crippen LogP contribution in [0.1, 0.15) is 21.6 Å². The molecule has 0 bridgehead atoms. The molecule has 0 radical (unpaired) electrons. The third-order valence-electron chi connectivity index (χ3n) is 2.99. The van der Waals surface area contributed by atoms with E-state index in [-0.39, 0.29) is 10.5 Å². The maximum atomic E-state index is 13.7. The minimum Gasteiger partial charge on any atom is -0.478 e. The Bertz CT molecular complexity index is 812. The molecule has 1 heterocycles. The number of halogens is 1. The zero-order valence-electron chi connectivity index (χ0n) is 11.4. The molecule has 2 rings (SSSR count). The standard InChI is InChI=1S/C13H13FN2O4S/c1-8-11(14)5-9(13(17)18)6-12(8)21(19,20)7-10-3-4-16(2)15-10/h3-6H,7H2,1-2H3,(H,17,18). The van der Waals surface area contributed by atoms with E-state index in [1.54, 1.807) is 13.2 Å². The number of hydrogen-bond acceptors (Lipinski definition) is 4. The van der Waals surface area contributed by atoms with Crippen molar-refractivity contribution in [3.63, 3.8) is 0 Å². The molecule has 0 saturated heterocycles. The summed E-state index contributed by atoms with van der Waals surface area (Å²) in [6.07, 6.45) is 1.59.